The molecule has 74 valence electrons. The molecule has 2 rings (SSSR count). The van der Waals surface area contributed by atoms with E-state index >= 15 is 0 Å². The Hall–Kier alpha value is -0.380. The van der Waals surface area contributed by atoms with Crippen molar-refractivity contribution in [1.29, 1.82) is 0 Å². The Bertz CT molecular complexity index is 229. The van der Waals surface area contributed by atoms with E-state index in [1.54, 1.807) is 7.11 Å². The summed E-state index contributed by atoms with van der Waals surface area (Å²) in [6.07, 6.45) is 2.17. The molecule has 0 aromatic carbocycles. The van der Waals surface area contributed by atoms with Gasteiger partial charge in [-0.1, -0.05) is 12.2 Å². The van der Waals surface area contributed by atoms with Crippen LogP contribution in [0.1, 0.15) is 12.8 Å². The molecule has 2 fully saturated rings. The molecule has 2 heterocycles. The molecule has 2 aliphatic heterocycles. The normalized spacial score (nSPS) is 39.8. The van der Waals surface area contributed by atoms with Crippen LogP contribution in [0.3, 0.4) is 0 Å². The topological polar surface area (TPSA) is 32.7 Å². The third-order valence-electron chi connectivity index (χ3n) is 3.32. The first-order valence-corrected chi connectivity index (χ1v) is 4.75. The molecule has 3 nitrogen and oxygen atoms in total. The van der Waals surface area contributed by atoms with Crippen molar-refractivity contribution in [2.24, 2.45) is 0 Å². The van der Waals surface area contributed by atoms with E-state index in [0.29, 0.717) is 6.10 Å². The zero-order valence-corrected chi connectivity index (χ0v) is 8.12. The molecule has 0 aromatic heterocycles. The summed E-state index contributed by atoms with van der Waals surface area (Å²) >= 11 is 0. The summed E-state index contributed by atoms with van der Waals surface area (Å²) in [6, 6.07) is 0. The smallest absolute Gasteiger partial charge is 0.0717 e. The van der Waals surface area contributed by atoms with Gasteiger partial charge in [-0.25, -0.2) is 0 Å². The summed E-state index contributed by atoms with van der Waals surface area (Å²) in [4.78, 5) is 2.31. The molecule has 0 saturated carbocycles. The number of hydrogen-bond acceptors (Lipinski definition) is 3. The molecular formula is C10H17NO2. The van der Waals surface area contributed by atoms with E-state index in [1.807, 2.05) is 0 Å². The standard InChI is InChI=1S/C10H17NO2/c1-8-3-10(7-12)4-9(13-2)6-11(10)5-8/h9,12H,1,3-7H2,2H3/t9-,10?/m1/s1. The van der Waals surface area contributed by atoms with E-state index in [9.17, 15) is 5.11 Å². The summed E-state index contributed by atoms with van der Waals surface area (Å²) in [5.41, 5.74) is 1.20. The van der Waals surface area contributed by atoms with Crippen LogP contribution in [-0.4, -0.2) is 48.5 Å². The monoisotopic (exact) mass is 183 g/mol. The molecule has 3 heteroatoms. The Morgan fingerprint density at radius 2 is 2.54 bits per heavy atom. The van der Waals surface area contributed by atoms with Crippen LogP contribution < -0.4 is 0 Å². The second kappa shape index (κ2) is 3.08. The quantitative estimate of drug-likeness (QED) is 0.629. The Morgan fingerprint density at radius 3 is 3.08 bits per heavy atom. The van der Waals surface area contributed by atoms with E-state index < -0.39 is 0 Å². The predicted molar refractivity (Wildman–Crippen MR) is 50.6 cm³/mol. The van der Waals surface area contributed by atoms with Gasteiger partial charge in [0.25, 0.3) is 0 Å². The van der Waals surface area contributed by atoms with E-state index in [4.69, 9.17) is 4.74 Å². The number of hydrogen-bond donors (Lipinski definition) is 1. The van der Waals surface area contributed by atoms with Gasteiger partial charge in [0.2, 0.25) is 0 Å². The number of methoxy groups -OCH3 is 1. The van der Waals surface area contributed by atoms with E-state index in [0.717, 1.165) is 25.9 Å². The van der Waals surface area contributed by atoms with Gasteiger partial charge in [-0.2, -0.15) is 0 Å². The van der Waals surface area contributed by atoms with E-state index in [-0.39, 0.29) is 12.1 Å². The van der Waals surface area contributed by atoms with Crippen LogP contribution in [-0.2, 0) is 4.74 Å². The highest BCUT2D eigenvalue weighted by Gasteiger charge is 2.49. The lowest BCUT2D eigenvalue weighted by atomic mass is 9.93. The highest BCUT2D eigenvalue weighted by Crippen LogP contribution is 2.41. The lowest BCUT2D eigenvalue weighted by Gasteiger charge is -2.28. The predicted octanol–water partition coefficient (Wildman–Crippen LogP) is 0.398. The Morgan fingerprint density at radius 1 is 1.77 bits per heavy atom. The summed E-state index contributed by atoms with van der Waals surface area (Å²) in [5.74, 6) is 0. The first-order valence-electron chi connectivity index (χ1n) is 4.75. The molecule has 0 spiro atoms. The van der Waals surface area contributed by atoms with Crippen molar-refractivity contribution in [2.75, 3.05) is 26.8 Å². The first kappa shape index (κ1) is 9.19. The van der Waals surface area contributed by atoms with Crippen LogP contribution >= 0.6 is 0 Å². The van der Waals surface area contributed by atoms with Crippen molar-refractivity contribution in [1.82, 2.24) is 4.90 Å². The molecule has 0 radical (unpaired) electrons. The highest BCUT2D eigenvalue weighted by atomic mass is 16.5. The molecule has 0 aliphatic carbocycles. The number of nitrogens with zero attached hydrogens (tertiary/aromatic N) is 1. The Kier molecular flexibility index (Phi) is 2.18. The minimum absolute atomic E-state index is 0.0439. The first-order chi connectivity index (χ1) is 6.20. The third kappa shape index (κ3) is 1.31. The van der Waals surface area contributed by atoms with Gasteiger partial charge in [0, 0.05) is 20.2 Å². The van der Waals surface area contributed by atoms with Gasteiger partial charge >= 0.3 is 0 Å². The van der Waals surface area contributed by atoms with Gasteiger partial charge in [0.05, 0.1) is 18.2 Å². The van der Waals surface area contributed by atoms with Gasteiger partial charge in [0.1, 0.15) is 0 Å². The SMILES string of the molecule is C=C1CN2C[C@H](OC)CC2(CO)C1. The summed E-state index contributed by atoms with van der Waals surface area (Å²) in [7, 11) is 1.74. The zero-order chi connectivity index (χ0) is 9.47. The lowest BCUT2D eigenvalue weighted by Crippen LogP contribution is -2.41. The lowest BCUT2D eigenvalue weighted by molar-refractivity contribution is 0.0951. The fraction of sp³-hybridized carbons (Fsp3) is 0.800. The summed E-state index contributed by atoms with van der Waals surface area (Å²) < 4.78 is 5.33. The van der Waals surface area contributed by atoms with Crippen LogP contribution in [0.2, 0.25) is 0 Å². The van der Waals surface area contributed by atoms with Crippen molar-refractivity contribution in [3.63, 3.8) is 0 Å². The molecule has 2 saturated heterocycles. The fourth-order valence-electron chi connectivity index (χ4n) is 2.64. The van der Waals surface area contributed by atoms with Gasteiger partial charge in [-0.15, -0.1) is 0 Å². The number of aliphatic hydroxyl groups excluding tert-OH is 1. The summed E-state index contributed by atoms with van der Waals surface area (Å²) in [6.45, 7) is 6.09. The highest BCUT2D eigenvalue weighted by molar-refractivity contribution is 5.18. The third-order valence-corrected chi connectivity index (χ3v) is 3.32. The van der Waals surface area contributed by atoms with E-state index in [2.05, 4.69) is 11.5 Å². The number of ether oxygens (including phenoxy) is 1. The molecule has 0 amide bonds. The van der Waals surface area contributed by atoms with Crippen molar-refractivity contribution < 1.29 is 9.84 Å². The van der Waals surface area contributed by atoms with Gasteiger partial charge in [-0.05, 0) is 12.8 Å². The molecule has 0 bridgehead atoms. The molecule has 1 N–H and O–H groups in total. The second-order valence-corrected chi connectivity index (χ2v) is 4.25. The Labute approximate surface area is 79.0 Å². The molecule has 2 atom stereocenters. The number of fused-ring (bicyclic) bond motifs is 1. The molecule has 2 aliphatic rings. The van der Waals surface area contributed by atoms with E-state index in [1.165, 1.54) is 5.57 Å². The minimum Gasteiger partial charge on any atom is -0.394 e. The van der Waals surface area contributed by atoms with Gasteiger partial charge in [-0.3, -0.25) is 4.90 Å². The van der Waals surface area contributed by atoms with Crippen LogP contribution in [0, 0.1) is 0 Å². The van der Waals surface area contributed by atoms with Gasteiger partial charge < -0.3 is 9.84 Å². The maximum Gasteiger partial charge on any atom is 0.0717 e. The van der Waals surface area contributed by atoms with Crippen LogP contribution in [0.25, 0.3) is 0 Å². The van der Waals surface area contributed by atoms with Gasteiger partial charge in [0.15, 0.2) is 0 Å². The maximum atomic E-state index is 9.42. The van der Waals surface area contributed by atoms with Crippen LogP contribution in [0.4, 0.5) is 0 Å². The Balaban J connectivity index is 2.15. The number of rotatable bonds is 2. The van der Waals surface area contributed by atoms with Crippen molar-refractivity contribution in [2.45, 2.75) is 24.5 Å². The summed E-state index contributed by atoms with van der Waals surface area (Å²) in [5, 5.41) is 9.42. The van der Waals surface area contributed by atoms with Crippen molar-refractivity contribution in [3.05, 3.63) is 12.2 Å². The molecule has 0 aromatic rings. The maximum absolute atomic E-state index is 9.42. The van der Waals surface area contributed by atoms with Crippen molar-refractivity contribution in [3.8, 4) is 0 Å². The molecular weight excluding hydrogens is 166 g/mol. The molecule has 13 heavy (non-hydrogen) atoms. The minimum atomic E-state index is -0.0439. The van der Waals surface area contributed by atoms with Crippen LogP contribution in [0.5, 0.6) is 0 Å². The second-order valence-electron chi connectivity index (χ2n) is 4.25. The average Bonchev–Trinajstić information content (AvgIpc) is 2.57. The average molecular weight is 183 g/mol. The largest absolute Gasteiger partial charge is 0.394 e. The molecule has 1 unspecified atom stereocenters. The number of aliphatic hydroxyl groups is 1. The van der Waals surface area contributed by atoms with Crippen molar-refractivity contribution >= 4 is 0 Å². The zero-order valence-electron chi connectivity index (χ0n) is 8.12. The fourth-order valence-corrected chi connectivity index (χ4v) is 2.64. The van der Waals surface area contributed by atoms with Crippen LogP contribution in [0.15, 0.2) is 12.2 Å².